The van der Waals surface area contributed by atoms with E-state index in [1.807, 2.05) is 0 Å². The van der Waals surface area contributed by atoms with Gasteiger partial charge in [0.15, 0.2) is 0 Å². The first-order chi connectivity index (χ1) is 8.77. The average Bonchev–Trinajstić information content (AvgIpc) is 2.85. The van der Waals surface area contributed by atoms with Gasteiger partial charge in [-0.05, 0) is 12.8 Å². The van der Waals surface area contributed by atoms with Crippen LogP contribution in [-0.4, -0.2) is 58.3 Å². The van der Waals surface area contributed by atoms with Gasteiger partial charge in [-0.15, -0.1) is 0 Å². The summed E-state index contributed by atoms with van der Waals surface area (Å²) in [5.74, 6) is 4.76. The van der Waals surface area contributed by atoms with Crippen molar-refractivity contribution < 1.29 is 23.7 Å². The van der Waals surface area contributed by atoms with Crippen LogP contribution >= 0.6 is 0 Å². The number of ether oxygens (including phenoxy) is 4. The van der Waals surface area contributed by atoms with Crippen molar-refractivity contribution in [2.45, 2.75) is 25.0 Å². The lowest BCUT2D eigenvalue weighted by Gasteiger charge is -2.13. The monoisotopic (exact) mass is 262 g/mol. The maximum absolute atomic E-state index is 11.2. The molecule has 106 valence electrons. The lowest BCUT2D eigenvalue weighted by molar-refractivity contribution is -0.133. The summed E-state index contributed by atoms with van der Waals surface area (Å²) in [6.07, 6.45) is 1.01. The first kappa shape index (κ1) is 15.3. The molecule has 1 rings (SSSR count). The Labute approximate surface area is 107 Å². The van der Waals surface area contributed by atoms with Gasteiger partial charge in [-0.3, -0.25) is 10.2 Å². The van der Waals surface area contributed by atoms with Gasteiger partial charge < -0.3 is 18.9 Å². The molecular weight excluding hydrogens is 240 g/mol. The largest absolute Gasteiger partial charge is 0.382 e. The van der Waals surface area contributed by atoms with Crippen molar-refractivity contribution in [2.75, 3.05) is 40.1 Å². The fourth-order valence-corrected chi connectivity index (χ4v) is 1.69. The number of nitrogens with one attached hydrogen (secondary N) is 1. The molecule has 0 aliphatic carbocycles. The maximum atomic E-state index is 11.2. The van der Waals surface area contributed by atoms with E-state index in [4.69, 9.17) is 24.8 Å². The lowest BCUT2D eigenvalue weighted by atomic mass is 10.2. The third-order valence-electron chi connectivity index (χ3n) is 2.65. The summed E-state index contributed by atoms with van der Waals surface area (Å²) in [6.45, 7) is 2.67. The van der Waals surface area contributed by atoms with Gasteiger partial charge in [0, 0.05) is 7.11 Å². The minimum Gasteiger partial charge on any atom is -0.382 e. The third-order valence-corrected chi connectivity index (χ3v) is 2.65. The van der Waals surface area contributed by atoms with E-state index in [1.54, 1.807) is 7.11 Å². The zero-order valence-corrected chi connectivity index (χ0v) is 10.7. The quantitative estimate of drug-likeness (QED) is 0.245. The number of amides is 1. The van der Waals surface area contributed by atoms with Crippen molar-refractivity contribution in [1.29, 1.82) is 0 Å². The zero-order valence-electron chi connectivity index (χ0n) is 10.7. The first-order valence-corrected chi connectivity index (χ1v) is 6.08. The van der Waals surface area contributed by atoms with E-state index < -0.39 is 6.10 Å². The van der Waals surface area contributed by atoms with Gasteiger partial charge >= 0.3 is 0 Å². The van der Waals surface area contributed by atoms with Crippen LogP contribution in [0.5, 0.6) is 0 Å². The van der Waals surface area contributed by atoms with E-state index in [2.05, 4.69) is 5.43 Å². The van der Waals surface area contributed by atoms with Gasteiger partial charge in [0.25, 0.3) is 5.91 Å². The van der Waals surface area contributed by atoms with E-state index in [9.17, 15) is 4.79 Å². The molecule has 1 amide bonds. The van der Waals surface area contributed by atoms with E-state index in [-0.39, 0.29) is 12.0 Å². The van der Waals surface area contributed by atoms with Crippen LogP contribution in [0, 0.1) is 0 Å². The minimum atomic E-state index is -0.443. The van der Waals surface area contributed by atoms with Crippen LogP contribution in [0.15, 0.2) is 0 Å². The van der Waals surface area contributed by atoms with E-state index in [0.29, 0.717) is 39.5 Å². The molecule has 2 unspecified atom stereocenters. The number of rotatable bonds is 9. The SMILES string of the molecule is COCCOCCOCC1CCC(C(=O)NN)O1. The van der Waals surface area contributed by atoms with Crippen LogP contribution in [0.25, 0.3) is 0 Å². The summed E-state index contributed by atoms with van der Waals surface area (Å²) in [4.78, 5) is 11.2. The molecule has 0 aromatic rings. The molecule has 1 aliphatic heterocycles. The molecule has 1 saturated heterocycles. The van der Waals surface area contributed by atoms with Crippen LogP contribution < -0.4 is 11.3 Å². The van der Waals surface area contributed by atoms with Gasteiger partial charge in [0.05, 0.1) is 39.1 Å². The molecule has 0 radical (unpaired) electrons. The molecule has 0 saturated carbocycles. The maximum Gasteiger partial charge on any atom is 0.263 e. The number of carbonyl (C=O) groups is 1. The highest BCUT2D eigenvalue weighted by molar-refractivity contribution is 5.80. The van der Waals surface area contributed by atoms with Crippen LogP contribution in [-0.2, 0) is 23.7 Å². The van der Waals surface area contributed by atoms with Gasteiger partial charge in [0.1, 0.15) is 6.10 Å². The molecule has 0 aromatic carbocycles. The molecule has 18 heavy (non-hydrogen) atoms. The lowest BCUT2D eigenvalue weighted by Crippen LogP contribution is -2.39. The Morgan fingerprint density at radius 3 is 2.72 bits per heavy atom. The summed E-state index contributed by atoms with van der Waals surface area (Å²) in [5, 5.41) is 0. The van der Waals surface area contributed by atoms with Crippen molar-refractivity contribution >= 4 is 5.91 Å². The Hall–Kier alpha value is -0.730. The van der Waals surface area contributed by atoms with Crippen LogP contribution in [0.4, 0.5) is 0 Å². The summed E-state index contributed by atoms with van der Waals surface area (Å²) in [6, 6.07) is 0. The second-order valence-corrected chi connectivity index (χ2v) is 4.01. The van der Waals surface area contributed by atoms with Crippen molar-refractivity contribution in [3.63, 3.8) is 0 Å². The van der Waals surface area contributed by atoms with Gasteiger partial charge in [-0.1, -0.05) is 0 Å². The van der Waals surface area contributed by atoms with Crippen LogP contribution in [0.3, 0.4) is 0 Å². The number of methoxy groups -OCH3 is 1. The number of hydrogen-bond acceptors (Lipinski definition) is 6. The zero-order chi connectivity index (χ0) is 13.2. The number of hydrogen-bond donors (Lipinski definition) is 2. The fraction of sp³-hybridized carbons (Fsp3) is 0.909. The predicted octanol–water partition coefficient (Wildman–Crippen LogP) is -0.796. The molecule has 1 heterocycles. The average molecular weight is 262 g/mol. The summed E-state index contributed by atoms with van der Waals surface area (Å²) >= 11 is 0. The molecule has 0 aromatic heterocycles. The molecule has 0 spiro atoms. The summed E-state index contributed by atoms with van der Waals surface area (Å²) in [7, 11) is 1.63. The molecule has 1 aliphatic rings. The second-order valence-electron chi connectivity index (χ2n) is 4.01. The number of carbonyl (C=O) groups excluding carboxylic acids is 1. The standard InChI is InChI=1S/C11H22N2O5/c1-15-4-5-16-6-7-17-8-9-2-3-10(18-9)11(14)13-12/h9-10H,2-8,12H2,1H3,(H,13,14). The van der Waals surface area contributed by atoms with Gasteiger partial charge in [0.2, 0.25) is 0 Å². The van der Waals surface area contributed by atoms with Crippen LogP contribution in [0.2, 0.25) is 0 Å². The van der Waals surface area contributed by atoms with E-state index >= 15 is 0 Å². The Balaban J connectivity index is 1.96. The molecule has 1 fully saturated rings. The second kappa shape index (κ2) is 9.23. The van der Waals surface area contributed by atoms with Gasteiger partial charge in [-0.2, -0.15) is 0 Å². The Kier molecular flexibility index (Phi) is 7.86. The van der Waals surface area contributed by atoms with Crippen molar-refractivity contribution in [2.24, 2.45) is 5.84 Å². The topological polar surface area (TPSA) is 92.0 Å². The Bertz CT molecular complexity index is 239. The molecule has 0 bridgehead atoms. The van der Waals surface area contributed by atoms with Crippen molar-refractivity contribution in [1.82, 2.24) is 5.43 Å². The number of hydrazine groups is 1. The molecule has 3 N–H and O–H groups in total. The molecule has 7 heteroatoms. The summed E-state index contributed by atoms with van der Waals surface area (Å²) < 4.78 is 21.0. The predicted molar refractivity (Wildman–Crippen MR) is 63.7 cm³/mol. The highest BCUT2D eigenvalue weighted by Crippen LogP contribution is 2.19. The smallest absolute Gasteiger partial charge is 0.263 e. The Morgan fingerprint density at radius 1 is 1.28 bits per heavy atom. The highest BCUT2D eigenvalue weighted by atomic mass is 16.6. The number of nitrogens with two attached hydrogens (primary N) is 1. The van der Waals surface area contributed by atoms with Crippen molar-refractivity contribution in [3.8, 4) is 0 Å². The Morgan fingerprint density at radius 2 is 2.00 bits per heavy atom. The fourth-order valence-electron chi connectivity index (χ4n) is 1.69. The first-order valence-electron chi connectivity index (χ1n) is 6.08. The normalized spacial score (nSPS) is 23.2. The van der Waals surface area contributed by atoms with Crippen molar-refractivity contribution in [3.05, 3.63) is 0 Å². The summed E-state index contributed by atoms with van der Waals surface area (Å²) in [5.41, 5.74) is 2.09. The van der Waals surface area contributed by atoms with E-state index in [1.165, 1.54) is 0 Å². The molecule has 2 atom stereocenters. The molecular formula is C11H22N2O5. The van der Waals surface area contributed by atoms with Gasteiger partial charge in [-0.25, -0.2) is 5.84 Å². The minimum absolute atomic E-state index is 0.0359. The third kappa shape index (κ3) is 5.74. The van der Waals surface area contributed by atoms with E-state index in [0.717, 1.165) is 6.42 Å². The van der Waals surface area contributed by atoms with Crippen LogP contribution in [0.1, 0.15) is 12.8 Å². The molecule has 7 nitrogen and oxygen atoms in total. The highest BCUT2D eigenvalue weighted by Gasteiger charge is 2.30.